The Kier molecular flexibility index (Phi) is 10.5. The van der Waals surface area contributed by atoms with Crippen LogP contribution in [-0.4, -0.2) is 119 Å². The number of carbonyl (C=O) groups is 3. The fraction of sp³-hybridized carbons (Fsp3) is 0.500. The minimum Gasteiger partial charge on any atom is -0.508 e. The van der Waals surface area contributed by atoms with Crippen LogP contribution in [0, 0.1) is 0 Å². The van der Waals surface area contributed by atoms with E-state index in [0.29, 0.717) is 43.6 Å². The number of hydrogen-bond donors (Lipinski definition) is 3. The molecule has 14 nitrogen and oxygen atoms in total. The van der Waals surface area contributed by atoms with E-state index in [2.05, 4.69) is 31.9 Å². The predicted molar refractivity (Wildman–Crippen MR) is 174 cm³/mol. The average Bonchev–Trinajstić information content (AvgIpc) is 3.75. The van der Waals surface area contributed by atoms with Crippen molar-refractivity contribution in [3.05, 3.63) is 60.3 Å². The fourth-order valence-corrected chi connectivity index (χ4v) is 6.77. The normalized spacial score (nSPS) is 23.0. The van der Waals surface area contributed by atoms with Crippen LogP contribution in [0.1, 0.15) is 37.3 Å². The molecule has 3 aliphatic heterocycles. The van der Waals surface area contributed by atoms with E-state index >= 15 is 0 Å². The van der Waals surface area contributed by atoms with Crippen LogP contribution in [0.4, 0.5) is 0 Å². The van der Waals surface area contributed by atoms with Gasteiger partial charge in [0.1, 0.15) is 29.8 Å². The van der Waals surface area contributed by atoms with E-state index < -0.39 is 11.6 Å². The number of methoxy groups -OCH3 is 1. The van der Waals surface area contributed by atoms with Crippen molar-refractivity contribution in [1.29, 1.82) is 0 Å². The van der Waals surface area contributed by atoms with E-state index in [4.69, 9.17) is 14.2 Å². The molecule has 48 heavy (non-hydrogen) atoms. The first-order valence-corrected chi connectivity index (χ1v) is 16.4. The highest BCUT2D eigenvalue weighted by atomic mass is 16.5. The molecule has 0 bridgehead atoms. The third kappa shape index (κ3) is 8.12. The molecular weight excluding hydrogens is 618 g/mol. The number of hydrogen-bond acceptors (Lipinski definition) is 10. The second kappa shape index (κ2) is 15.1. The summed E-state index contributed by atoms with van der Waals surface area (Å²) >= 11 is 0. The van der Waals surface area contributed by atoms with Crippen molar-refractivity contribution in [1.82, 2.24) is 35.4 Å². The number of phenols is 1. The summed E-state index contributed by atoms with van der Waals surface area (Å²) in [5, 5.41) is 24.6. The van der Waals surface area contributed by atoms with Gasteiger partial charge >= 0.3 is 0 Å². The quantitative estimate of drug-likeness (QED) is 0.366. The molecule has 256 valence electrons. The zero-order chi connectivity index (χ0) is 33.5. The standard InChI is InChI=1S/C34H43N7O7/c1-46-28-7-2-4-24(16-28)20-39-11-8-34(9-12-39)19-32(44)40-21-26(41-22-29(37-38-41)25-5-3-6-27(42)17-25)18-30(40)33(45)35-10-13-47-14-15-48-23-31(43)36-34/h2-7,16-17,22,26,30,42H,8-15,18-21,23H2,1H3,(H,35,45)(H,36,43)/t26-,30-/m0/s1. The summed E-state index contributed by atoms with van der Waals surface area (Å²) in [6, 6.07) is 13.7. The van der Waals surface area contributed by atoms with Gasteiger partial charge in [-0.15, -0.1) is 5.10 Å². The van der Waals surface area contributed by atoms with Gasteiger partial charge in [0.15, 0.2) is 0 Å². The number of carbonyl (C=O) groups excluding carboxylic acids is 3. The maximum Gasteiger partial charge on any atom is 0.246 e. The number of fused-ring (bicyclic) bond motifs is 1. The van der Waals surface area contributed by atoms with E-state index in [-0.39, 0.29) is 75.5 Å². The smallest absolute Gasteiger partial charge is 0.246 e. The van der Waals surface area contributed by atoms with Crippen molar-refractivity contribution < 1.29 is 33.7 Å². The lowest BCUT2D eigenvalue weighted by molar-refractivity contribution is -0.141. The second-order valence-electron chi connectivity index (χ2n) is 12.7. The Morgan fingerprint density at radius 3 is 2.67 bits per heavy atom. The monoisotopic (exact) mass is 661 g/mol. The molecule has 2 aromatic carbocycles. The van der Waals surface area contributed by atoms with E-state index in [1.807, 2.05) is 24.3 Å². The van der Waals surface area contributed by atoms with Gasteiger partial charge in [-0.25, -0.2) is 4.68 Å². The molecule has 6 rings (SSSR count). The lowest BCUT2D eigenvalue weighted by Crippen LogP contribution is -2.58. The van der Waals surface area contributed by atoms with E-state index in [1.54, 1.807) is 41.1 Å². The Labute approximate surface area is 279 Å². The van der Waals surface area contributed by atoms with Crippen molar-refractivity contribution in [3.8, 4) is 22.8 Å². The van der Waals surface area contributed by atoms with Gasteiger partial charge in [-0.3, -0.25) is 19.3 Å². The second-order valence-corrected chi connectivity index (χ2v) is 12.7. The van der Waals surface area contributed by atoms with Crippen LogP contribution in [0.15, 0.2) is 54.7 Å². The summed E-state index contributed by atoms with van der Waals surface area (Å²) in [5.41, 5.74) is 1.60. The summed E-state index contributed by atoms with van der Waals surface area (Å²) in [6.45, 7) is 3.26. The zero-order valence-electron chi connectivity index (χ0n) is 27.2. The minimum atomic E-state index is -0.801. The van der Waals surface area contributed by atoms with Crippen LogP contribution in [0.3, 0.4) is 0 Å². The molecule has 3 amide bonds. The van der Waals surface area contributed by atoms with E-state index in [0.717, 1.165) is 17.9 Å². The lowest BCUT2D eigenvalue weighted by Gasteiger charge is -2.43. The molecule has 3 N–H and O–H groups in total. The molecule has 3 aliphatic rings. The first-order chi connectivity index (χ1) is 23.3. The first-order valence-electron chi connectivity index (χ1n) is 16.4. The highest BCUT2D eigenvalue weighted by molar-refractivity contribution is 5.89. The average molecular weight is 662 g/mol. The van der Waals surface area contributed by atoms with Gasteiger partial charge in [0.25, 0.3) is 0 Å². The van der Waals surface area contributed by atoms with E-state index in [1.165, 1.54) is 0 Å². The Morgan fingerprint density at radius 1 is 1.04 bits per heavy atom. The van der Waals surface area contributed by atoms with E-state index in [9.17, 15) is 19.5 Å². The van der Waals surface area contributed by atoms with Crippen molar-refractivity contribution >= 4 is 17.7 Å². The summed E-state index contributed by atoms with van der Waals surface area (Å²) in [7, 11) is 1.65. The summed E-state index contributed by atoms with van der Waals surface area (Å²) < 4.78 is 18.2. The molecule has 0 saturated carbocycles. The predicted octanol–water partition coefficient (Wildman–Crippen LogP) is 1.51. The molecule has 0 aliphatic carbocycles. The molecule has 2 atom stereocenters. The number of likely N-dealkylation sites (tertiary alicyclic amines) is 1. The first kappa shape index (κ1) is 33.4. The minimum absolute atomic E-state index is 0.0528. The molecule has 3 fully saturated rings. The molecule has 1 spiro atoms. The summed E-state index contributed by atoms with van der Waals surface area (Å²) in [4.78, 5) is 44.8. The van der Waals surface area contributed by atoms with Crippen molar-refractivity contribution in [2.75, 3.05) is 59.7 Å². The third-order valence-electron chi connectivity index (χ3n) is 9.33. The number of rotatable bonds is 5. The number of aromatic hydroxyl groups is 1. The maximum atomic E-state index is 14.2. The Bertz CT molecular complexity index is 1590. The Balaban J connectivity index is 1.20. The maximum absolute atomic E-state index is 14.2. The third-order valence-corrected chi connectivity index (χ3v) is 9.33. The number of benzene rings is 2. The van der Waals surface area contributed by atoms with Crippen molar-refractivity contribution in [2.45, 2.75) is 49.9 Å². The number of piperidine rings is 1. The number of amides is 3. The number of phenolic OH excluding ortho intramolecular Hbond substituents is 1. The molecule has 14 heteroatoms. The topological polar surface area (TPSA) is 160 Å². The van der Waals surface area contributed by atoms with Crippen LogP contribution in [0.2, 0.25) is 0 Å². The van der Waals surface area contributed by atoms with Gasteiger partial charge < -0.3 is 34.9 Å². The van der Waals surface area contributed by atoms with Crippen molar-refractivity contribution in [3.63, 3.8) is 0 Å². The number of nitrogens with zero attached hydrogens (tertiary/aromatic N) is 5. The molecule has 1 aromatic heterocycles. The number of nitrogens with one attached hydrogen (secondary N) is 2. The van der Waals surface area contributed by atoms with Crippen LogP contribution >= 0.6 is 0 Å². The largest absolute Gasteiger partial charge is 0.508 e. The van der Waals surface area contributed by atoms with Gasteiger partial charge in [0, 0.05) is 44.7 Å². The van der Waals surface area contributed by atoms with Gasteiger partial charge in [-0.1, -0.05) is 29.5 Å². The SMILES string of the molecule is COc1cccc(CN2CCC3(CC2)CC(=O)N2C[C@@H](n4cc(-c5cccc(O)c5)nn4)C[C@H]2C(=O)NCCOCCOCC(=O)N3)c1. The summed E-state index contributed by atoms with van der Waals surface area (Å²) in [5.74, 6) is 0.154. The molecule has 3 aromatic rings. The van der Waals surface area contributed by atoms with Crippen LogP contribution < -0.4 is 15.4 Å². The van der Waals surface area contributed by atoms with Gasteiger partial charge in [0.05, 0.1) is 51.1 Å². The number of aromatic nitrogens is 3. The van der Waals surface area contributed by atoms with Crippen LogP contribution in [0.5, 0.6) is 11.5 Å². The zero-order valence-corrected chi connectivity index (χ0v) is 27.2. The number of ether oxygens (including phenoxy) is 3. The highest BCUT2D eigenvalue weighted by Crippen LogP contribution is 2.33. The van der Waals surface area contributed by atoms with Crippen molar-refractivity contribution in [2.24, 2.45) is 0 Å². The van der Waals surface area contributed by atoms with Gasteiger partial charge in [0.2, 0.25) is 17.7 Å². The highest BCUT2D eigenvalue weighted by Gasteiger charge is 2.45. The van der Waals surface area contributed by atoms with Crippen LogP contribution in [-0.2, 0) is 30.4 Å². The molecule has 3 saturated heterocycles. The van der Waals surface area contributed by atoms with Crippen LogP contribution in [0.25, 0.3) is 11.3 Å². The summed E-state index contributed by atoms with van der Waals surface area (Å²) in [6.07, 6.45) is 3.29. The fourth-order valence-electron chi connectivity index (χ4n) is 6.77. The molecular formula is C34H43N7O7. The molecule has 4 heterocycles. The lowest BCUT2D eigenvalue weighted by atomic mass is 9.83. The molecule has 0 radical (unpaired) electrons. The van der Waals surface area contributed by atoms with Gasteiger partial charge in [-0.2, -0.15) is 0 Å². The Hall–Kier alpha value is -4.53. The molecule has 0 unspecified atom stereocenters. The Morgan fingerprint density at radius 2 is 1.85 bits per heavy atom. The van der Waals surface area contributed by atoms with Gasteiger partial charge in [-0.05, 0) is 42.7 Å².